The molecule has 0 fully saturated rings. The molecule has 0 aliphatic carbocycles. The van der Waals surface area contributed by atoms with Crippen LogP contribution in [0.2, 0.25) is 6.04 Å². The minimum atomic E-state index is 0.700. The summed E-state index contributed by atoms with van der Waals surface area (Å²) in [6.07, 6.45) is 3.51. The number of hydrogen-bond acceptors (Lipinski definition) is 1. The Kier molecular flexibility index (Phi) is 6.37. The molecule has 0 amide bonds. The lowest BCUT2D eigenvalue weighted by molar-refractivity contribution is 0.327. The van der Waals surface area contributed by atoms with Gasteiger partial charge in [-0.25, -0.2) is 0 Å². The summed E-state index contributed by atoms with van der Waals surface area (Å²) in [7, 11) is 0.700. The maximum Gasteiger partial charge on any atom is 0.229 e. The van der Waals surface area contributed by atoms with Crippen LogP contribution in [0.4, 0.5) is 0 Å². The van der Waals surface area contributed by atoms with Crippen LogP contribution >= 0.6 is 0 Å². The average molecular weight is 206 g/mol. The van der Waals surface area contributed by atoms with E-state index in [9.17, 15) is 0 Å². The lowest BCUT2D eigenvalue weighted by atomic mass is 10.1. The zero-order valence-corrected chi connectivity index (χ0v) is 9.83. The molecule has 2 heteroatoms. The Labute approximate surface area is 89.4 Å². The summed E-state index contributed by atoms with van der Waals surface area (Å²) in [4.78, 5) is 0. The van der Waals surface area contributed by atoms with Crippen molar-refractivity contribution in [3.63, 3.8) is 0 Å². The topological polar surface area (TPSA) is 9.23 Å². The highest BCUT2D eigenvalue weighted by Crippen LogP contribution is 2.02. The van der Waals surface area contributed by atoms with Gasteiger partial charge in [0.25, 0.3) is 0 Å². The molecule has 0 atom stereocenters. The van der Waals surface area contributed by atoms with Gasteiger partial charge < -0.3 is 4.43 Å². The molecule has 0 heterocycles. The van der Waals surface area contributed by atoms with Gasteiger partial charge in [-0.05, 0) is 24.4 Å². The molecule has 14 heavy (non-hydrogen) atoms. The van der Waals surface area contributed by atoms with Crippen LogP contribution in [0.15, 0.2) is 30.3 Å². The molecular formula is C12H18OSi. The first-order chi connectivity index (χ1) is 6.93. The Bertz CT molecular complexity index is 223. The largest absolute Gasteiger partial charge is 0.417 e. The van der Waals surface area contributed by atoms with Crippen LogP contribution in [0.5, 0.6) is 0 Å². The third-order valence-electron chi connectivity index (χ3n) is 2.01. The van der Waals surface area contributed by atoms with E-state index in [2.05, 4.69) is 37.3 Å². The van der Waals surface area contributed by atoms with Gasteiger partial charge in [0.15, 0.2) is 0 Å². The summed E-state index contributed by atoms with van der Waals surface area (Å²) in [5, 5.41) is 0. The summed E-state index contributed by atoms with van der Waals surface area (Å²) in [6, 6.07) is 11.8. The molecule has 1 rings (SSSR count). The van der Waals surface area contributed by atoms with Gasteiger partial charge in [-0.2, -0.15) is 0 Å². The van der Waals surface area contributed by atoms with Crippen LogP contribution in [0.1, 0.15) is 25.3 Å². The minimum Gasteiger partial charge on any atom is -0.417 e. The van der Waals surface area contributed by atoms with E-state index in [0.29, 0.717) is 9.76 Å². The monoisotopic (exact) mass is 206 g/mol. The fourth-order valence-electron chi connectivity index (χ4n) is 1.24. The second-order valence-electron chi connectivity index (χ2n) is 3.33. The first-order valence-corrected chi connectivity index (χ1v) is 6.43. The van der Waals surface area contributed by atoms with Crippen LogP contribution in [0, 0.1) is 0 Å². The summed E-state index contributed by atoms with van der Waals surface area (Å²) in [6.45, 7) is 3.10. The van der Waals surface area contributed by atoms with E-state index < -0.39 is 0 Å². The van der Waals surface area contributed by atoms with Crippen molar-refractivity contribution in [3.05, 3.63) is 35.9 Å². The highest BCUT2D eigenvalue weighted by atomic mass is 28.2. The zero-order chi connectivity index (χ0) is 10.1. The first kappa shape index (κ1) is 11.5. The SMILES string of the molecule is CCC[Si]OCCCc1ccccc1. The van der Waals surface area contributed by atoms with Crippen LogP contribution in [0.25, 0.3) is 0 Å². The Morgan fingerprint density at radius 2 is 2.00 bits per heavy atom. The fourth-order valence-corrected chi connectivity index (χ4v) is 1.88. The molecular weight excluding hydrogens is 188 g/mol. The third kappa shape index (κ3) is 5.20. The average Bonchev–Trinajstić information content (AvgIpc) is 2.25. The van der Waals surface area contributed by atoms with E-state index in [4.69, 9.17) is 4.43 Å². The second-order valence-corrected chi connectivity index (χ2v) is 4.41. The van der Waals surface area contributed by atoms with Crippen LogP contribution in [-0.4, -0.2) is 16.4 Å². The molecule has 0 spiro atoms. The van der Waals surface area contributed by atoms with Gasteiger partial charge in [0.2, 0.25) is 9.76 Å². The van der Waals surface area contributed by atoms with Crippen molar-refractivity contribution >= 4 is 9.76 Å². The highest BCUT2D eigenvalue weighted by Gasteiger charge is 1.93. The van der Waals surface area contributed by atoms with Crippen molar-refractivity contribution in [3.8, 4) is 0 Å². The normalized spacial score (nSPS) is 10.4. The lowest BCUT2D eigenvalue weighted by Crippen LogP contribution is -2.01. The van der Waals surface area contributed by atoms with Crippen molar-refractivity contribution in [2.24, 2.45) is 0 Å². The third-order valence-corrected chi connectivity index (χ3v) is 3.12. The Morgan fingerprint density at radius 3 is 2.71 bits per heavy atom. The molecule has 1 nitrogen and oxygen atoms in total. The van der Waals surface area contributed by atoms with E-state index in [0.717, 1.165) is 19.4 Å². The summed E-state index contributed by atoms with van der Waals surface area (Å²) in [5.74, 6) is 0. The molecule has 0 N–H and O–H groups in total. The van der Waals surface area contributed by atoms with Crippen molar-refractivity contribution in [1.82, 2.24) is 0 Å². The molecule has 0 saturated heterocycles. The Morgan fingerprint density at radius 1 is 1.21 bits per heavy atom. The smallest absolute Gasteiger partial charge is 0.229 e. The van der Waals surface area contributed by atoms with E-state index in [-0.39, 0.29) is 0 Å². The molecule has 0 aromatic heterocycles. The van der Waals surface area contributed by atoms with Crippen molar-refractivity contribution in [1.29, 1.82) is 0 Å². The van der Waals surface area contributed by atoms with Gasteiger partial charge in [-0.3, -0.25) is 0 Å². The van der Waals surface area contributed by atoms with Gasteiger partial charge in [0.05, 0.1) is 0 Å². The Hall–Kier alpha value is -0.603. The van der Waals surface area contributed by atoms with Crippen molar-refractivity contribution in [2.45, 2.75) is 32.2 Å². The number of rotatable bonds is 7. The van der Waals surface area contributed by atoms with E-state index in [1.165, 1.54) is 18.0 Å². The predicted octanol–water partition coefficient (Wildman–Crippen LogP) is 3.08. The van der Waals surface area contributed by atoms with E-state index in [1.54, 1.807) is 0 Å². The van der Waals surface area contributed by atoms with Gasteiger partial charge in [0.1, 0.15) is 0 Å². The van der Waals surface area contributed by atoms with Crippen molar-refractivity contribution < 1.29 is 4.43 Å². The zero-order valence-electron chi connectivity index (χ0n) is 8.83. The number of benzene rings is 1. The molecule has 76 valence electrons. The number of aryl methyl sites for hydroxylation is 1. The van der Waals surface area contributed by atoms with Crippen LogP contribution < -0.4 is 0 Å². The molecule has 0 aliphatic rings. The molecule has 1 aromatic carbocycles. The molecule has 0 aliphatic heterocycles. The van der Waals surface area contributed by atoms with Gasteiger partial charge >= 0.3 is 0 Å². The quantitative estimate of drug-likeness (QED) is 0.492. The predicted molar refractivity (Wildman–Crippen MR) is 61.6 cm³/mol. The maximum absolute atomic E-state index is 5.52. The second kappa shape index (κ2) is 7.77. The molecule has 0 unspecified atom stereocenters. The van der Waals surface area contributed by atoms with Crippen LogP contribution in [-0.2, 0) is 10.8 Å². The fraction of sp³-hybridized carbons (Fsp3) is 0.500. The first-order valence-electron chi connectivity index (χ1n) is 5.32. The summed E-state index contributed by atoms with van der Waals surface area (Å²) >= 11 is 0. The van der Waals surface area contributed by atoms with Crippen molar-refractivity contribution in [2.75, 3.05) is 6.61 Å². The molecule has 1 aromatic rings. The summed E-state index contributed by atoms with van der Waals surface area (Å²) < 4.78 is 5.52. The van der Waals surface area contributed by atoms with Gasteiger partial charge in [-0.1, -0.05) is 43.7 Å². The van der Waals surface area contributed by atoms with Crippen LogP contribution in [0.3, 0.4) is 0 Å². The lowest BCUT2D eigenvalue weighted by Gasteiger charge is -2.02. The molecule has 0 saturated carbocycles. The maximum atomic E-state index is 5.52. The van der Waals surface area contributed by atoms with E-state index >= 15 is 0 Å². The van der Waals surface area contributed by atoms with Gasteiger partial charge in [0, 0.05) is 6.61 Å². The van der Waals surface area contributed by atoms with Gasteiger partial charge in [-0.15, -0.1) is 0 Å². The molecule has 0 bridgehead atoms. The van der Waals surface area contributed by atoms with E-state index in [1.807, 2.05) is 0 Å². The number of hydrogen-bond donors (Lipinski definition) is 0. The minimum absolute atomic E-state index is 0.700. The molecule has 2 radical (unpaired) electrons. The Balaban J connectivity index is 1.99. The standard InChI is InChI=1S/C12H18OSi/c1-2-11-14-13-10-6-9-12-7-4-3-5-8-12/h3-5,7-8H,2,6,9-11H2,1H3. The highest BCUT2D eigenvalue weighted by molar-refractivity contribution is 6.26. The summed E-state index contributed by atoms with van der Waals surface area (Å²) in [5.41, 5.74) is 1.41.